The zero-order valence-electron chi connectivity index (χ0n) is 7.84. The highest BCUT2D eigenvalue weighted by molar-refractivity contribution is 5.47. The van der Waals surface area contributed by atoms with E-state index in [0.29, 0.717) is 5.92 Å². The summed E-state index contributed by atoms with van der Waals surface area (Å²) in [5, 5.41) is 7.19. The van der Waals surface area contributed by atoms with Gasteiger partial charge < -0.3 is 15.6 Å². The summed E-state index contributed by atoms with van der Waals surface area (Å²) >= 11 is 0. The summed E-state index contributed by atoms with van der Waals surface area (Å²) in [6.45, 7) is 3.93. The van der Waals surface area contributed by atoms with Crippen LogP contribution in [0.4, 0.5) is 5.69 Å². The molecule has 4 nitrogen and oxygen atoms in total. The molecule has 2 rings (SSSR count). The molecule has 1 aliphatic heterocycles. The van der Waals surface area contributed by atoms with Crippen LogP contribution < -0.4 is 11.1 Å². The van der Waals surface area contributed by atoms with Crippen molar-refractivity contribution in [2.45, 2.75) is 25.7 Å². The van der Waals surface area contributed by atoms with E-state index in [1.54, 1.807) is 0 Å². The van der Waals surface area contributed by atoms with E-state index in [4.69, 9.17) is 10.3 Å². The van der Waals surface area contributed by atoms with Crippen molar-refractivity contribution in [1.29, 1.82) is 0 Å². The minimum Gasteiger partial charge on any atom is -0.394 e. The fourth-order valence-electron chi connectivity index (χ4n) is 1.76. The number of nitrogen functional groups attached to an aromatic ring is 1. The minimum absolute atomic E-state index is 0.412. The summed E-state index contributed by atoms with van der Waals surface area (Å²) in [5.41, 5.74) is 7.39. The fraction of sp³-hybridized carbons (Fsp3) is 0.667. The number of hydrogen-bond donors (Lipinski definition) is 2. The highest BCUT2D eigenvalue weighted by atomic mass is 16.5. The fourth-order valence-corrected chi connectivity index (χ4v) is 1.76. The van der Waals surface area contributed by atoms with Gasteiger partial charge in [-0.15, -0.1) is 0 Å². The molecule has 1 saturated heterocycles. The molecule has 1 aliphatic rings. The van der Waals surface area contributed by atoms with E-state index in [1.165, 1.54) is 6.42 Å². The molecular weight excluding hydrogens is 166 g/mol. The van der Waals surface area contributed by atoms with E-state index >= 15 is 0 Å². The van der Waals surface area contributed by atoms with Crippen LogP contribution in [0.2, 0.25) is 0 Å². The van der Waals surface area contributed by atoms with Crippen molar-refractivity contribution in [2.75, 3.05) is 18.8 Å². The van der Waals surface area contributed by atoms with Crippen molar-refractivity contribution in [3.63, 3.8) is 0 Å². The van der Waals surface area contributed by atoms with Gasteiger partial charge in [0.2, 0.25) is 0 Å². The average Bonchev–Trinajstić information content (AvgIpc) is 2.49. The predicted octanol–water partition coefficient (Wildman–Crippen LogP) is 1.03. The van der Waals surface area contributed by atoms with Gasteiger partial charge in [0.15, 0.2) is 5.76 Å². The van der Waals surface area contributed by atoms with Gasteiger partial charge in [-0.3, -0.25) is 0 Å². The van der Waals surface area contributed by atoms with Crippen molar-refractivity contribution in [1.82, 2.24) is 10.5 Å². The third-order valence-electron chi connectivity index (χ3n) is 2.60. The number of nitrogens with zero attached hydrogens (tertiary/aromatic N) is 1. The van der Waals surface area contributed by atoms with Crippen molar-refractivity contribution in [2.24, 2.45) is 0 Å². The lowest BCUT2D eigenvalue weighted by Gasteiger charge is -2.20. The number of nitrogens with one attached hydrogen (secondary N) is 1. The Morgan fingerprint density at radius 3 is 3.00 bits per heavy atom. The largest absolute Gasteiger partial charge is 0.394 e. The maximum atomic E-state index is 5.85. The van der Waals surface area contributed by atoms with Crippen LogP contribution in [0.1, 0.15) is 30.2 Å². The van der Waals surface area contributed by atoms with Gasteiger partial charge >= 0.3 is 0 Å². The Morgan fingerprint density at radius 1 is 1.62 bits per heavy atom. The standard InChI is InChI=1S/C9H15N3O/c1-6-8(10)9(13-12-6)7-3-2-4-11-5-7/h7,11H,2-5,10H2,1H3. The summed E-state index contributed by atoms with van der Waals surface area (Å²) in [6.07, 6.45) is 2.33. The molecular formula is C9H15N3O. The topological polar surface area (TPSA) is 64.1 Å². The molecule has 0 radical (unpaired) electrons. The third-order valence-corrected chi connectivity index (χ3v) is 2.60. The molecule has 0 amide bonds. The van der Waals surface area contributed by atoms with E-state index in [1.807, 2.05) is 6.92 Å². The van der Waals surface area contributed by atoms with Crippen molar-refractivity contribution < 1.29 is 4.52 Å². The van der Waals surface area contributed by atoms with Gasteiger partial charge in [0, 0.05) is 12.5 Å². The molecule has 0 aliphatic carbocycles. The SMILES string of the molecule is Cc1noc(C2CCCNC2)c1N. The van der Waals surface area contributed by atoms with Crippen molar-refractivity contribution in [3.05, 3.63) is 11.5 Å². The third kappa shape index (κ3) is 1.54. The second-order valence-corrected chi connectivity index (χ2v) is 3.59. The molecule has 0 bridgehead atoms. The normalized spacial score (nSPS) is 23.3. The number of aryl methyl sites for hydroxylation is 1. The molecule has 13 heavy (non-hydrogen) atoms. The van der Waals surface area contributed by atoms with Crippen LogP contribution in [0.3, 0.4) is 0 Å². The van der Waals surface area contributed by atoms with Gasteiger partial charge in [0.05, 0.1) is 5.69 Å². The van der Waals surface area contributed by atoms with Gasteiger partial charge in [-0.05, 0) is 26.3 Å². The molecule has 0 aromatic carbocycles. The van der Waals surface area contributed by atoms with Crippen LogP contribution >= 0.6 is 0 Å². The second kappa shape index (κ2) is 3.38. The maximum Gasteiger partial charge on any atom is 0.164 e. The second-order valence-electron chi connectivity index (χ2n) is 3.59. The zero-order valence-corrected chi connectivity index (χ0v) is 7.84. The number of aromatic nitrogens is 1. The van der Waals surface area contributed by atoms with Crippen molar-refractivity contribution >= 4 is 5.69 Å². The molecule has 2 heterocycles. The number of hydrogen-bond acceptors (Lipinski definition) is 4. The number of nitrogens with two attached hydrogens (primary N) is 1. The van der Waals surface area contributed by atoms with Crippen molar-refractivity contribution in [3.8, 4) is 0 Å². The molecule has 1 aromatic heterocycles. The molecule has 3 N–H and O–H groups in total. The molecule has 1 aromatic rings. The van der Waals surface area contributed by atoms with E-state index in [9.17, 15) is 0 Å². The first kappa shape index (κ1) is 8.56. The van der Waals surface area contributed by atoms with Crippen LogP contribution in [0, 0.1) is 6.92 Å². The van der Waals surface area contributed by atoms with Gasteiger partial charge in [-0.25, -0.2) is 0 Å². The molecule has 1 atom stereocenters. The Kier molecular flexibility index (Phi) is 2.22. The smallest absolute Gasteiger partial charge is 0.164 e. The lowest BCUT2D eigenvalue weighted by molar-refractivity contribution is 0.328. The van der Waals surface area contributed by atoms with Gasteiger partial charge in [0.25, 0.3) is 0 Å². The lowest BCUT2D eigenvalue weighted by Crippen LogP contribution is -2.28. The minimum atomic E-state index is 0.412. The Morgan fingerprint density at radius 2 is 2.46 bits per heavy atom. The van der Waals surface area contributed by atoms with Crippen LogP contribution in [0.5, 0.6) is 0 Å². The Hall–Kier alpha value is -1.03. The van der Waals surface area contributed by atoms with E-state index in [-0.39, 0.29) is 0 Å². The molecule has 72 valence electrons. The molecule has 0 saturated carbocycles. The number of piperidine rings is 1. The van der Waals surface area contributed by atoms with Crippen LogP contribution in [-0.4, -0.2) is 18.2 Å². The highest BCUT2D eigenvalue weighted by Gasteiger charge is 2.22. The monoisotopic (exact) mass is 181 g/mol. The van der Waals surface area contributed by atoms with Crippen LogP contribution in [0.25, 0.3) is 0 Å². The summed E-state index contributed by atoms with van der Waals surface area (Å²) in [7, 11) is 0. The van der Waals surface area contributed by atoms with Gasteiger partial charge in [0.1, 0.15) is 5.69 Å². The first-order valence-electron chi connectivity index (χ1n) is 4.71. The van der Waals surface area contributed by atoms with Gasteiger partial charge in [-0.2, -0.15) is 0 Å². The van der Waals surface area contributed by atoms with E-state index in [2.05, 4.69) is 10.5 Å². The number of rotatable bonds is 1. The predicted molar refractivity (Wildman–Crippen MR) is 50.5 cm³/mol. The maximum absolute atomic E-state index is 5.85. The zero-order chi connectivity index (χ0) is 9.26. The quantitative estimate of drug-likeness (QED) is 0.679. The molecule has 4 heteroatoms. The van der Waals surface area contributed by atoms with Crippen LogP contribution in [0.15, 0.2) is 4.52 Å². The number of anilines is 1. The summed E-state index contributed by atoms with van der Waals surface area (Å²) in [5.74, 6) is 1.28. The van der Waals surface area contributed by atoms with Gasteiger partial charge in [-0.1, -0.05) is 5.16 Å². The Bertz CT molecular complexity index is 289. The highest BCUT2D eigenvalue weighted by Crippen LogP contribution is 2.29. The Labute approximate surface area is 77.5 Å². The average molecular weight is 181 g/mol. The first-order valence-corrected chi connectivity index (χ1v) is 4.71. The Balaban J connectivity index is 2.18. The molecule has 1 fully saturated rings. The molecule has 1 unspecified atom stereocenters. The van der Waals surface area contributed by atoms with Crippen LogP contribution in [-0.2, 0) is 0 Å². The van der Waals surface area contributed by atoms with E-state index in [0.717, 1.165) is 36.7 Å². The summed E-state index contributed by atoms with van der Waals surface area (Å²) < 4.78 is 5.22. The first-order chi connectivity index (χ1) is 6.29. The lowest BCUT2D eigenvalue weighted by atomic mass is 9.96. The summed E-state index contributed by atoms with van der Waals surface area (Å²) in [6, 6.07) is 0. The molecule has 0 spiro atoms. The summed E-state index contributed by atoms with van der Waals surface area (Å²) in [4.78, 5) is 0. The van der Waals surface area contributed by atoms with E-state index < -0.39 is 0 Å².